The van der Waals surface area contributed by atoms with Crippen LogP contribution in [0.5, 0.6) is 0 Å². The van der Waals surface area contributed by atoms with Crippen LogP contribution in [0.2, 0.25) is 0 Å². The number of carbonyl (C=O) groups is 2. The summed E-state index contributed by atoms with van der Waals surface area (Å²) in [7, 11) is -1.45. The highest BCUT2D eigenvalue weighted by Crippen LogP contribution is 2.24. The molecule has 126 valence electrons. The van der Waals surface area contributed by atoms with Crippen LogP contribution in [0.25, 0.3) is 0 Å². The maximum Gasteiger partial charge on any atom is 0.237 e. The van der Waals surface area contributed by atoms with Crippen molar-refractivity contribution in [2.45, 2.75) is 24.7 Å². The minimum atomic E-state index is -1.45. The molecule has 1 saturated heterocycles. The summed E-state index contributed by atoms with van der Waals surface area (Å²) in [6.07, 6.45) is 2.86. The summed E-state index contributed by atoms with van der Waals surface area (Å²) in [5.41, 5.74) is 1.35. The fraction of sp³-hybridized carbons (Fsp3) is 0.294. The van der Waals surface area contributed by atoms with Crippen molar-refractivity contribution in [2.75, 3.05) is 22.5 Å². The van der Waals surface area contributed by atoms with Crippen LogP contribution in [-0.4, -0.2) is 28.3 Å². The van der Waals surface area contributed by atoms with E-state index in [2.05, 4.69) is 5.32 Å². The molecule has 0 spiro atoms. The number of rotatable bonds is 5. The summed E-state index contributed by atoms with van der Waals surface area (Å²) in [6.45, 7) is 2.40. The Bertz CT molecular complexity index is 799. The topological polar surface area (TPSA) is 79.6 Å². The average molecular weight is 346 g/mol. The minimum absolute atomic E-state index is 0.0926. The van der Waals surface area contributed by atoms with E-state index in [-0.39, 0.29) is 17.6 Å². The van der Waals surface area contributed by atoms with Gasteiger partial charge in [-0.2, -0.15) is 0 Å². The van der Waals surface area contributed by atoms with Crippen LogP contribution < -0.4 is 10.2 Å². The molecule has 0 radical (unpaired) electrons. The largest absolute Gasteiger partial charge is 0.468 e. The predicted octanol–water partition coefficient (Wildman–Crippen LogP) is 2.46. The third-order valence-electron chi connectivity index (χ3n) is 3.83. The molecular formula is C17H18N2O4S. The van der Waals surface area contributed by atoms with Crippen molar-refractivity contribution >= 4 is 34.0 Å². The fourth-order valence-electron chi connectivity index (χ4n) is 2.68. The summed E-state index contributed by atoms with van der Waals surface area (Å²) in [5.74, 6) is 0.150. The molecule has 0 bridgehead atoms. The first-order valence-corrected chi connectivity index (χ1v) is 8.99. The van der Waals surface area contributed by atoms with Crippen molar-refractivity contribution < 1.29 is 18.2 Å². The number of carbonyl (C=O) groups excluding carboxylic acids is 2. The summed E-state index contributed by atoms with van der Waals surface area (Å²) >= 11 is 0. The molecule has 6 nitrogen and oxygen atoms in total. The fourth-order valence-corrected chi connectivity index (χ4v) is 3.72. The summed E-state index contributed by atoms with van der Waals surface area (Å²) in [4.78, 5) is 26.2. The van der Waals surface area contributed by atoms with E-state index in [1.165, 1.54) is 6.26 Å². The van der Waals surface area contributed by atoms with Crippen molar-refractivity contribution in [1.29, 1.82) is 0 Å². The van der Waals surface area contributed by atoms with E-state index >= 15 is 0 Å². The summed E-state index contributed by atoms with van der Waals surface area (Å²) in [6, 6.07) is 8.74. The van der Waals surface area contributed by atoms with E-state index in [0.717, 1.165) is 12.1 Å². The SMILES string of the molecule is Cc1occc1[S@@](=O)CC(=O)Nc1cccc(N2CCCC2=O)c1. The second-order valence-electron chi connectivity index (χ2n) is 5.58. The van der Waals surface area contributed by atoms with Crippen LogP contribution in [0.3, 0.4) is 0 Å². The first-order chi connectivity index (χ1) is 11.5. The van der Waals surface area contributed by atoms with E-state index in [9.17, 15) is 13.8 Å². The molecule has 0 unspecified atom stereocenters. The Labute approximate surface area is 142 Å². The Morgan fingerprint density at radius 3 is 2.88 bits per heavy atom. The van der Waals surface area contributed by atoms with Gasteiger partial charge in [0.2, 0.25) is 11.8 Å². The maximum atomic E-state index is 12.2. The van der Waals surface area contributed by atoms with Crippen LogP contribution in [0, 0.1) is 6.92 Å². The quantitative estimate of drug-likeness (QED) is 0.902. The van der Waals surface area contributed by atoms with Crippen molar-refractivity contribution in [1.82, 2.24) is 0 Å². The molecule has 24 heavy (non-hydrogen) atoms. The lowest BCUT2D eigenvalue weighted by Crippen LogP contribution is -2.24. The lowest BCUT2D eigenvalue weighted by molar-refractivity contribution is -0.117. The van der Waals surface area contributed by atoms with Gasteiger partial charge in [-0.25, -0.2) is 0 Å². The van der Waals surface area contributed by atoms with Gasteiger partial charge in [-0.15, -0.1) is 0 Å². The van der Waals surface area contributed by atoms with E-state index in [1.54, 1.807) is 36.1 Å². The second kappa shape index (κ2) is 7.00. The highest BCUT2D eigenvalue weighted by atomic mass is 32.2. The number of furan rings is 1. The Hall–Kier alpha value is -2.41. The zero-order valence-electron chi connectivity index (χ0n) is 13.3. The van der Waals surface area contributed by atoms with Crippen LogP contribution in [0.4, 0.5) is 11.4 Å². The van der Waals surface area contributed by atoms with Gasteiger partial charge in [0.25, 0.3) is 0 Å². The summed E-state index contributed by atoms with van der Waals surface area (Å²) < 4.78 is 17.3. The standard InChI is InChI=1S/C17H18N2O4S/c1-12-15(7-9-23-12)24(22)11-16(20)18-13-4-2-5-14(10-13)19-8-3-6-17(19)21/h2,4-5,7,9-10H,3,6,8,11H2,1H3,(H,18,20)/t24-/m0/s1. The van der Waals surface area contributed by atoms with Gasteiger partial charge in [0, 0.05) is 24.3 Å². The van der Waals surface area contributed by atoms with Crippen LogP contribution in [0.1, 0.15) is 18.6 Å². The molecule has 1 aliphatic rings. The minimum Gasteiger partial charge on any atom is -0.468 e. The van der Waals surface area contributed by atoms with Crippen molar-refractivity contribution in [2.24, 2.45) is 0 Å². The average Bonchev–Trinajstić information content (AvgIpc) is 3.15. The number of aryl methyl sites for hydroxylation is 1. The number of amides is 2. The van der Waals surface area contributed by atoms with Gasteiger partial charge in [-0.1, -0.05) is 6.07 Å². The maximum absolute atomic E-state index is 12.2. The lowest BCUT2D eigenvalue weighted by atomic mass is 10.2. The highest BCUT2D eigenvalue weighted by Gasteiger charge is 2.22. The van der Waals surface area contributed by atoms with E-state index in [4.69, 9.17) is 4.42 Å². The molecule has 1 N–H and O–H groups in total. The molecule has 0 aliphatic carbocycles. The van der Waals surface area contributed by atoms with Crippen LogP contribution in [0.15, 0.2) is 45.9 Å². The zero-order valence-corrected chi connectivity index (χ0v) is 14.1. The number of nitrogens with one attached hydrogen (secondary N) is 1. The molecule has 0 saturated carbocycles. The van der Waals surface area contributed by atoms with Crippen molar-refractivity contribution in [3.8, 4) is 0 Å². The molecule has 1 aromatic carbocycles. The van der Waals surface area contributed by atoms with Gasteiger partial charge in [-0.05, 0) is 37.6 Å². The molecule has 3 rings (SSSR count). The number of nitrogens with zero attached hydrogens (tertiary/aromatic N) is 1. The van der Waals surface area contributed by atoms with E-state index < -0.39 is 10.8 Å². The third kappa shape index (κ3) is 3.56. The van der Waals surface area contributed by atoms with Gasteiger partial charge in [0.05, 0.1) is 22.0 Å². The molecule has 1 aliphatic heterocycles. The predicted molar refractivity (Wildman–Crippen MR) is 91.4 cm³/mol. The van der Waals surface area contributed by atoms with E-state index in [0.29, 0.717) is 29.3 Å². The number of benzene rings is 1. The van der Waals surface area contributed by atoms with Crippen molar-refractivity contribution in [3.05, 3.63) is 42.4 Å². The Morgan fingerprint density at radius 2 is 2.21 bits per heavy atom. The molecule has 1 fully saturated rings. The van der Waals surface area contributed by atoms with Gasteiger partial charge in [0.15, 0.2) is 0 Å². The molecular weight excluding hydrogens is 328 g/mol. The molecule has 1 aromatic heterocycles. The molecule has 7 heteroatoms. The molecule has 2 heterocycles. The third-order valence-corrected chi connectivity index (χ3v) is 5.27. The summed E-state index contributed by atoms with van der Waals surface area (Å²) in [5, 5.41) is 2.73. The smallest absolute Gasteiger partial charge is 0.237 e. The van der Waals surface area contributed by atoms with Gasteiger partial charge < -0.3 is 14.6 Å². The monoisotopic (exact) mass is 346 g/mol. The Kier molecular flexibility index (Phi) is 4.80. The molecule has 2 aromatic rings. The molecule has 1 atom stereocenters. The number of hydrogen-bond acceptors (Lipinski definition) is 4. The lowest BCUT2D eigenvalue weighted by Gasteiger charge is -2.16. The van der Waals surface area contributed by atoms with Crippen molar-refractivity contribution in [3.63, 3.8) is 0 Å². The second-order valence-corrected chi connectivity index (χ2v) is 7.00. The Morgan fingerprint density at radius 1 is 1.38 bits per heavy atom. The van der Waals surface area contributed by atoms with E-state index in [1.807, 2.05) is 6.07 Å². The normalized spacial score (nSPS) is 15.5. The first kappa shape index (κ1) is 16.4. The number of anilines is 2. The highest BCUT2D eigenvalue weighted by molar-refractivity contribution is 7.85. The van der Waals surface area contributed by atoms with Gasteiger partial charge in [0.1, 0.15) is 11.5 Å². The zero-order chi connectivity index (χ0) is 17.1. The number of hydrogen-bond donors (Lipinski definition) is 1. The first-order valence-electron chi connectivity index (χ1n) is 7.67. The van der Waals surface area contributed by atoms with Gasteiger partial charge >= 0.3 is 0 Å². The Balaban J connectivity index is 1.65. The van der Waals surface area contributed by atoms with Crippen LogP contribution in [-0.2, 0) is 20.4 Å². The van der Waals surface area contributed by atoms with Crippen LogP contribution >= 0.6 is 0 Å². The molecule has 2 amide bonds. The van der Waals surface area contributed by atoms with Gasteiger partial charge in [-0.3, -0.25) is 13.8 Å².